The molecule has 0 saturated carbocycles. The van der Waals surface area contributed by atoms with Crippen LogP contribution in [0.2, 0.25) is 0 Å². The summed E-state index contributed by atoms with van der Waals surface area (Å²) in [5.41, 5.74) is 4.64. The smallest absolute Gasteiger partial charge is 0.246 e. The van der Waals surface area contributed by atoms with Gasteiger partial charge in [-0.25, -0.2) is 8.78 Å². The zero-order chi connectivity index (χ0) is 64.2. The molecule has 2 saturated heterocycles. The predicted octanol–water partition coefficient (Wildman–Crippen LogP) is 5.03. The van der Waals surface area contributed by atoms with Crippen LogP contribution < -0.4 is 31.9 Å². The fraction of sp³-hybridized carbons (Fsp3) is 0.431. The number of nitrogens with one attached hydrogen (secondary N) is 8. The van der Waals surface area contributed by atoms with Crippen LogP contribution in [0.4, 0.5) is 8.78 Å². The molecule has 0 radical (unpaired) electrons. The maximum Gasteiger partial charge on any atom is 0.246 e. The molecule has 9 rings (SSSR count). The van der Waals surface area contributed by atoms with Crippen LogP contribution in [-0.4, -0.2) is 169 Å². The van der Waals surface area contributed by atoms with Crippen molar-refractivity contribution in [2.24, 2.45) is 0 Å². The lowest BCUT2D eigenvalue weighted by molar-refractivity contribution is -0.149. The number of hydrogen-bond donors (Lipinski definition) is 9. The van der Waals surface area contributed by atoms with Crippen molar-refractivity contribution in [1.82, 2.24) is 56.6 Å². The summed E-state index contributed by atoms with van der Waals surface area (Å²) in [6, 6.07) is 12.7. The number of piperidine rings is 1. The molecule has 9 amide bonds. The van der Waals surface area contributed by atoms with E-state index in [0.29, 0.717) is 93.7 Å². The highest BCUT2D eigenvalue weighted by Crippen LogP contribution is 2.28. The number of rotatable bonds is 6. The molecule has 2 fully saturated rings. The third-order valence-corrected chi connectivity index (χ3v) is 18.8. The van der Waals surface area contributed by atoms with Crippen molar-refractivity contribution >= 4 is 98.5 Å². The largest absolute Gasteiger partial charge is 0.508 e. The van der Waals surface area contributed by atoms with Crippen LogP contribution in [0.1, 0.15) is 87.1 Å². The summed E-state index contributed by atoms with van der Waals surface area (Å²) >= 11 is 3.18. The molecule has 2 aromatic heterocycles. The average Bonchev–Trinajstić information content (AvgIpc) is 1.93. The van der Waals surface area contributed by atoms with Crippen molar-refractivity contribution in [2.75, 3.05) is 38.2 Å². The second-order valence-electron chi connectivity index (χ2n) is 23.3. The number of carbonyl (C=O) groups is 9. The molecule has 8 atom stereocenters. The SMILES string of the molecule is C[C@@H]1NC(=O)CCSCc2cccc(c2)CSCCNC(=O)[C@@H]2CCCN2C(=O)[C@H](Cc2ccc(O)cc2)N(C)C(=O)[C@H](C)NC(=O)[C@@H]2CCCCN2C(=O)[C@H](Cc2c[nH]c3ccc(F)cc23)NC(=O)[C@H](Cc2c[nH]c3ccc(F)cc23)NC(=O)[C@@H](C)NC1=O. The third kappa shape index (κ3) is 16.7. The van der Waals surface area contributed by atoms with Gasteiger partial charge in [-0.3, -0.25) is 43.2 Å². The quantitative estimate of drug-likeness (QED) is 0.106. The number of hydrogen-bond acceptors (Lipinski definition) is 12. The standard InChI is InChI=1S/C65H77F2N11O10S2/c1-37-58(81)72-38(2)59(82)74-52(29-43-33-69-50-19-15-45(66)31-48(43)50)60(83)75-53(30-44-34-70-51-20-16-46(67)32-49(44)51)64(87)77-23-6-5-11-55(77)62(85)73-39(3)63(86)76(4)56(28-40-13-17-47(79)18-14-40)65(88)78-24-8-12-54(78)61(84)68-22-26-90-36-42-10-7-9-41(27-42)35-89-25-21-57(80)71-37/h7,9-10,13-20,27,31-34,37-39,52-56,69-70,79H,5-6,8,11-12,21-26,28-30,35-36H2,1-4H3,(H,68,84)(H,71,80)(H,72,81)(H,73,85)(H,74,82)(H,75,83)/t37-,38+,39-,52-,53-,54-,55-,56-/m0/s1. The first-order chi connectivity index (χ1) is 43.2. The fourth-order valence-electron chi connectivity index (χ4n) is 11.8. The number of fused-ring (bicyclic) bond motifs is 6. The molecule has 25 heteroatoms. The second kappa shape index (κ2) is 30.4. The van der Waals surface area contributed by atoms with E-state index in [1.54, 1.807) is 48.1 Å². The number of nitrogens with zero attached hydrogens (tertiary/aromatic N) is 3. The molecule has 90 heavy (non-hydrogen) atoms. The number of halogens is 2. The molecular formula is C65H77F2N11O10S2. The highest BCUT2D eigenvalue weighted by Gasteiger charge is 2.42. The van der Waals surface area contributed by atoms with E-state index >= 15 is 9.59 Å². The van der Waals surface area contributed by atoms with Crippen LogP contribution in [0.5, 0.6) is 5.75 Å². The highest BCUT2D eigenvalue weighted by molar-refractivity contribution is 7.98. The van der Waals surface area contributed by atoms with E-state index in [9.17, 15) is 47.4 Å². The zero-order valence-electron chi connectivity index (χ0n) is 50.7. The number of aromatic amines is 2. The number of phenolic OH excluding ortho intramolecular Hbond substituents is 1. The number of likely N-dealkylation sites (N-methyl/N-ethyl adjacent to an activating group) is 1. The molecule has 478 valence electrons. The van der Waals surface area contributed by atoms with Crippen LogP contribution in [0, 0.1) is 11.6 Å². The number of phenols is 1. The van der Waals surface area contributed by atoms with E-state index in [4.69, 9.17) is 0 Å². The van der Waals surface area contributed by atoms with Gasteiger partial charge in [0, 0.05) is 110 Å². The Bertz CT molecular complexity index is 3620. The Morgan fingerprint density at radius 2 is 1.10 bits per heavy atom. The Labute approximate surface area is 528 Å². The first kappa shape index (κ1) is 66.0. The van der Waals surface area contributed by atoms with Gasteiger partial charge in [0.05, 0.1) is 0 Å². The van der Waals surface area contributed by atoms with Crippen LogP contribution in [0.15, 0.2) is 97.3 Å². The molecule has 6 aromatic rings. The number of thioether (sulfide) groups is 2. The first-order valence-corrected chi connectivity index (χ1v) is 32.7. The van der Waals surface area contributed by atoms with Gasteiger partial charge in [-0.1, -0.05) is 36.4 Å². The van der Waals surface area contributed by atoms with Crippen LogP contribution in [-0.2, 0) is 73.9 Å². The van der Waals surface area contributed by atoms with Gasteiger partial charge < -0.3 is 61.7 Å². The first-order valence-electron chi connectivity index (χ1n) is 30.4. The van der Waals surface area contributed by atoms with Gasteiger partial charge in [0.1, 0.15) is 65.7 Å². The Morgan fingerprint density at radius 3 is 1.77 bits per heavy atom. The van der Waals surface area contributed by atoms with Gasteiger partial charge in [0.15, 0.2) is 0 Å². The minimum Gasteiger partial charge on any atom is -0.508 e. The molecule has 5 heterocycles. The van der Waals surface area contributed by atoms with Crippen molar-refractivity contribution in [3.05, 3.63) is 137 Å². The van der Waals surface area contributed by atoms with Crippen molar-refractivity contribution in [1.29, 1.82) is 0 Å². The van der Waals surface area contributed by atoms with E-state index in [1.165, 1.54) is 91.0 Å². The number of aromatic hydroxyl groups is 1. The highest BCUT2D eigenvalue weighted by atomic mass is 32.2. The van der Waals surface area contributed by atoms with Gasteiger partial charge in [0.2, 0.25) is 53.2 Å². The number of aromatic nitrogens is 2. The molecule has 21 nitrogen and oxygen atoms in total. The average molecular weight is 1270 g/mol. The molecular weight excluding hydrogens is 1200 g/mol. The number of H-pyrrole nitrogens is 2. The fourth-order valence-corrected chi connectivity index (χ4v) is 13.5. The van der Waals surface area contributed by atoms with Crippen molar-refractivity contribution < 1.29 is 57.0 Å². The Balaban J connectivity index is 1.01. The molecule has 0 aliphatic carbocycles. The van der Waals surface area contributed by atoms with Crippen molar-refractivity contribution in [2.45, 2.75) is 138 Å². The lowest BCUT2D eigenvalue weighted by Gasteiger charge is -2.38. The van der Waals surface area contributed by atoms with E-state index in [0.717, 1.165) is 11.1 Å². The number of carbonyl (C=O) groups excluding carboxylic acids is 9. The van der Waals surface area contributed by atoms with Gasteiger partial charge in [0.25, 0.3) is 0 Å². The molecule has 9 N–H and O–H groups in total. The number of benzene rings is 4. The van der Waals surface area contributed by atoms with Crippen LogP contribution in [0.25, 0.3) is 21.8 Å². The second-order valence-corrected chi connectivity index (χ2v) is 25.5. The molecule has 3 aliphatic rings. The minimum atomic E-state index is -1.49. The normalized spacial score (nSPS) is 24.3. The predicted molar refractivity (Wildman–Crippen MR) is 339 cm³/mol. The zero-order valence-corrected chi connectivity index (χ0v) is 52.3. The summed E-state index contributed by atoms with van der Waals surface area (Å²) in [6.07, 6.45) is 4.80. The Kier molecular flexibility index (Phi) is 22.3. The molecule has 4 aromatic carbocycles. The third-order valence-electron chi connectivity index (χ3n) is 16.7. The summed E-state index contributed by atoms with van der Waals surface area (Å²) < 4.78 is 29.7. The van der Waals surface area contributed by atoms with E-state index in [1.807, 2.05) is 18.2 Å². The maximum atomic E-state index is 15.4. The van der Waals surface area contributed by atoms with Crippen molar-refractivity contribution in [3.63, 3.8) is 0 Å². The molecule has 0 unspecified atom stereocenters. The lowest BCUT2D eigenvalue weighted by Crippen LogP contribution is -2.62. The lowest BCUT2D eigenvalue weighted by atomic mass is 9.97. The monoisotopic (exact) mass is 1270 g/mol. The maximum absolute atomic E-state index is 15.4. The molecule has 2 bridgehead atoms. The van der Waals surface area contributed by atoms with Gasteiger partial charge in [-0.05, 0) is 129 Å². The Hall–Kier alpha value is -8.45. The summed E-state index contributed by atoms with van der Waals surface area (Å²) in [6.45, 7) is 4.98. The minimum absolute atomic E-state index is 0.00135. The van der Waals surface area contributed by atoms with Gasteiger partial charge >= 0.3 is 0 Å². The Morgan fingerprint density at radius 1 is 0.544 bits per heavy atom. The van der Waals surface area contributed by atoms with Gasteiger partial charge in [-0.2, -0.15) is 23.5 Å². The molecule has 3 aliphatic heterocycles. The molecule has 0 spiro atoms. The van der Waals surface area contributed by atoms with E-state index in [-0.39, 0.29) is 62.8 Å². The summed E-state index contributed by atoms with van der Waals surface area (Å²) in [7, 11) is 1.45. The van der Waals surface area contributed by atoms with Crippen molar-refractivity contribution in [3.8, 4) is 5.75 Å². The van der Waals surface area contributed by atoms with E-state index in [2.05, 4.69) is 47.9 Å². The van der Waals surface area contributed by atoms with Crippen LogP contribution in [0.3, 0.4) is 0 Å². The number of amides is 9. The summed E-state index contributed by atoms with van der Waals surface area (Å²) in [4.78, 5) is 140. The van der Waals surface area contributed by atoms with E-state index < -0.39 is 101 Å². The van der Waals surface area contributed by atoms with Crippen LogP contribution >= 0.6 is 23.5 Å². The topological polar surface area (TPSA) is 287 Å². The van der Waals surface area contributed by atoms with Gasteiger partial charge in [-0.15, -0.1) is 0 Å². The summed E-state index contributed by atoms with van der Waals surface area (Å²) in [5.74, 6) is -4.43. The summed E-state index contributed by atoms with van der Waals surface area (Å²) in [5, 5.41) is 27.6.